The molecule has 4 nitrogen and oxygen atoms in total. The van der Waals surface area contributed by atoms with Crippen LogP contribution in [0.4, 0.5) is 13.2 Å². The highest BCUT2D eigenvalue weighted by Crippen LogP contribution is 2.34. The number of benzene rings is 1. The summed E-state index contributed by atoms with van der Waals surface area (Å²) in [5.74, 6) is -0.174. The Bertz CT molecular complexity index is 551. The number of nitrogens with one attached hydrogen (secondary N) is 1. The molecule has 1 saturated heterocycles. The van der Waals surface area contributed by atoms with Crippen molar-refractivity contribution in [3.63, 3.8) is 0 Å². The van der Waals surface area contributed by atoms with Crippen LogP contribution < -0.4 is 10.1 Å². The highest BCUT2D eigenvalue weighted by atomic mass is 35.5. The summed E-state index contributed by atoms with van der Waals surface area (Å²) in [7, 11) is 0. The van der Waals surface area contributed by atoms with Crippen LogP contribution in [0.5, 0.6) is 5.75 Å². The zero-order chi connectivity index (χ0) is 14.3. The largest absolute Gasteiger partial charge is 0.491 e. The quantitative estimate of drug-likeness (QED) is 0.793. The number of carbonyl (C=O) groups is 1. The molecule has 1 aromatic carbocycles. The summed E-state index contributed by atoms with van der Waals surface area (Å²) in [6, 6.07) is 2.90. The van der Waals surface area contributed by atoms with Gasteiger partial charge in [0.25, 0.3) is 5.91 Å². The van der Waals surface area contributed by atoms with E-state index in [2.05, 4.69) is 5.32 Å². The molecule has 0 radical (unpaired) electrons. The Balaban J connectivity index is 0.00000161. The Morgan fingerprint density at radius 1 is 1.33 bits per heavy atom. The Kier molecular flexibility index (Phi) is 4.34. The zero-order valence-corrected chi connectivity index (χ0v) is 11.8. The molecule has 1 atom stereocenters. The standard InChI is InChI=1S/C13H13F3N2O2.ClH/c14-13(15,16)8-1-2-11-10(5-8)12(19)18-4-3-17-6-9(18)7-20-11;/h1-2,5,9,17H,3-4,6-7H2;1H. The smallest absolute Gasteiger partial charge is 0.416 e. The van der Waals surface area contributed by atoms with Gasteiger partial charge in [0, 0.05) is 19.6 Å². The first-order valence-corrected chi connectivity index (χ1v) is 6.32. The van der Waals surface area contributed by atoms with Crippen LogP contribution in [-0.2, 0) is 6.18 Å². The summed E-state index contributed by atoms with van der Waals surface area (Å²) < 4.78 is 43.7. The predicted octanol–water partition coefficient (Wildman–Crippen LogP) is 1.93. The molecule has 1 amide bonds. The van der Waals surface area contributed by atoms with Crippen molar-refractivity contribution in [3.8, 4) is 5.75 Å². The summed E-state index contributed by atoms with van der Waals surface area (Å²) in [4.78, 5) is 14.0. The van der Waals surface area contributed by atoms with Gasteiger partial charge in [0.15, 0.2) is 0 Å². The van der Waals surface area contributed by atoms with E-state index < -0.39 is 17.6 Å². The first-order valence-electron chi connectivity index (χ1n) is 6.32. The molecular weight excluding hydrogens is 309 g/mol. The summed E-state index contributed by atoms with van der Waals surface area (Å²) >= 11 is 0. The molecule has 1 fully saturated rings. The molecule has 1 aromatic rings. The third kappa shape index (κ3) is 2.94. The normalized spacial score (nSPS) is 21.6. The topological polar surface area (TPSA) is 41.6 Å². The van der Waals surface area contributed by atoms with Crippen molar-refractivity contribution in [3.05, 3.63) is 29.3 Å². The maximum absolute atomic E-state index is 12.7. The van der Waals surface area contributed by atoms with E-state index in [-0.39, 0.29) is 36.4 Å². The lowest BCUT2D eigenvalue weighted by Crippen LogP contribution is -2.54. The molecule has 0 spiro atoms. The minimum atomic E-state index is -4.47. The fourth-order valence-corrected chi connectivity index (χ4v) is 2.52. The fraction of sp³-hybridized carbons (Fsp3) is 0.462. The van der Waals surface area contributed by atoms with Gasteiger partial charge in [-0.1, -0.05) is 0 Å². The molecule has 2 aliphatic heterocycles. The van der Waals surface area contributed by atoms with Crippen molar-refractivity contribution in [2.24, 2.45) is 0 Å². The molecule has 0 saturated carbocycles. The van der Waals surface area contributed by atoms with E-state index >= 15 is 0 Å². The van der Waals surface area contributed by atoms with E-state index in [1.54, 1.807) is 4.90 Å². The van der Waals surface area contributed by atoms with Gasteiger partial charge in [-0.2, -0.15) is 13.2 Å². The first-order chi connectivity index (χ1) is 9.47. The van der Waals surface area contributed by atoms with Crippen LogP contribution in [-0.4, -0.2) is 43.1 Å². The maximum Gasteiger partial charge on any atom is 0.416 e. The number of hydrogen-bond donors (Lipinski definition) is 1. The van der Waals surface area contributed by atoms with Crippen molar-refractivity contribution in [1.29, 1.82) is 0 Å². The van der Waals surface area contributed by atoms with Gasteiger partial charge in [-0.15, -0.1) is 12.4 Å². The second kappa shape index (κ2) is 5.73. The van der Waals surface area contributed by atoms with E-state index in [0.29, 0.717) is 19.6 Å². The second-order valence-corrected chi connectivity index (χ2v) is 4.88. The third-order valence-electron chi connectivity index (χ3n) is 3.58. The van der Waals surface area contributed by atoms with Gasteiger partial charge in [-0.25, -0.2) is 0 Å². The summed E-state index contributed by atoms with van der Waals surface area (Å²) in [5, 5.41) is 3.14. The minimum Gasteiger partial charge on any atom is -0.491 e. The molecule has 21 heavy (non-hydrogen) atoms. The van der Waals surface area contributed by atoms with E-state index in [9.17, 15) is 18.0 Å². The average molecular weight is 323 g/mol. The van der Waals surface area contributed by atoms with Gasteiger partial charge in [0.05, 0.1) is 17.2 Å². The van der Waals surface area contributed by atoms with Gasteiger partial charge in [0.1, 0.15) is 12.4 Å². The SMILES string of the molecule is Cl.O=C1c2cc(C(F)(F)F)ccc2OCC2CNCCN12. The van der Waals surface area contributed by atoms with Crippen LogP contribution in [0.15, 0.2) is 18.2 Å². The van der Waals surface area contributed by atoms with Crippen LogP contribution >= 0.6 is 12.4 Å². The van der Waals surface area contributed by atoms with Crippen molar-refractivity contribution in [2.75, 3.05) is 26.2 Å². The summed E-state index contributed by atoms with van der Waals surface area (Å²) in [6.07, 6.45) is -4.47. The van der Waals surface area contributed by atoms with E-state index in [0.717, 1.165) is 12.1 Å². The van der Waals surface area contributed by atoms with Crippen molar-refractivity contribution < 1.29 is 22.7 Å². The van der Waals surface area contributed by atoms with Crippen LogP contribution in [0.25, 0.3) is 0 Å². The van der Waals surface area contributed by atoms with Crippen LogP contribution in [0.1, 0.15) is 15.9 Å². The lowest BCUT2D eigenvalue weighted by atomic mass is 10.1. The van der Waals surface area contributed by atoms with Gasteiger partial charge in [-0.05, 0) is 18.2 Å². The number of piperazine rings is 1. The Hall–Kier alpha value is -1.47. The lowest BCUT2D eigenvalue weighted by Gasteiger charge is -2.33. The predicted molar refractivity (Wildman–Crippen MR) is 71.9 cm³/mol. The van der Waals surface area contributed by atoms with E-state index in [1.807, 2.05) is 0 Å². The third-order valence-corrected chi connectivity index (χ3v) is 3.58. The Morgan fingerprint density at radius 3 is 2.81 bits per heavy atom. The van der Waals surface area contributed by atoms with Crippen LogP contribution in [0, 0.1) is 0 Å². The molecule has 1 N–H and O–H groups in total. The molecule has 1 unspecified atom stereocenters. The van der Waals surface area contributed by atoms with Gasteiger partial charge >= 0.3 is 6.18 Å². The second-order valence-electron chi connectivity index (χ2n) is 4.88. The van der Waals surface area contributed by atoms with Gasteiger partial charge in [-0.3, -0.25) is 4.79 Å². The number of halogens is 4. The van der Waals surface area contributed by atoms with E-state index in [1.165, 1.54) is 6.07 Å². The van der Waals surface area contributed by atoms with Crippen LogP contribution in [0.2, 0.25) is 0 Å². The minimum absolute atomic E-state index is 0. The van der Waals surface area contributed by atoms with E-state index in [4.69, 9.17) is 4.74 Å². The molecule has 2 aliphatic rings. The number of nitrogens with zero attached hydrogens (tertiary/aromatic N) is 1. The van der Waals surface area contributed by atoms with Gasteiger partial charge < -0.3 is 15.0 Å². The van der Waals surface area contributed by atoms with Crippen LogP contribution in [0.3, 0.4) is 0 Å². The molecule has 116 valence electrons. The summed E-state index contributed by atoms with van der Waals surface area (Å²) in [6.45, 7) is 1.99. The van der Waals surface area contributed by atoms with Crippen molar-refractivity contribution >= 4 is 18.3 Å². The number of ether oxygens (including phenoxy) is 1. The fourth-order valence-electron chi connectivity index (χ4n) is 2.52. The number of carbonyl (C=O) groups excluding carboxylic acids is 1. The first kappa shape index (κ1) is 15.9. The number of rotatable bonds is 0. The van der Waals surface area contributed by atoms with Crippen molar-refractivity contribution in [2.45, 2.75) is 12.2 Å². The number of fused-ring (bicyclic) bond motifs is 2. The monoisotopic (exact) mass is 322 g/mol. The molecule has 0 bridgehead atoms. The Labute approximate surface area is 125 Å². The molecule has 8 heteroatoms. The maximum atomic E-state index is 12.7. The summed E-state index contributed by atoms with van der Waals surface area (Å²) in [5.41, 5.74) is -0.842. The number of amides is 1. The average Bonchev–Trinajstić information content (AvgIpc) is 2.56. The number of hydrogen-bond acceptors (Lipinski definition) is 3. The number of alkyl halides is 3. The molecule has 3 rings (SSSR count). The molecular formula is C13H14ClF3N2O2. The van der Waals surface area contributed by atoms with Crippen molar-refractivity contribution in [1.82, 2.24) is 10.2 Å². The molecule has 0 aliphatic carbocycles. The Morgan fingerprint density at radius 2 is 2.10 bits per heavy atom. The zero-order valence-electron chi connectivity index (χ0n) is 10.9. The lowest BCUT2D eigenvalue weighted by molar-refractivity contribution is -0.137. The molecule has 2 heterocycles. The highest BCUT2D eigenvalue weighted by Gasteiger charge is 2.36. The van der Waals surface area contributed by atoms with Gasteiger partial charge in [0.2, 0.25) is 0 Å². The molecule has 0 aromatic heterocycles. The highest BCUT2D eigenvalue weighted by molar-refractivity contribution is 5.97.